The molecule has 0 saturated heterocycles. The van der Waals surface area contributed by atoms with Crippen molar-refractivity contribution in [2.45, 2.75) is 17.7 Å². The van der Waals surface area contributed by atoms with Crippen LogP contribution in [0, 0.1) is 0 Å². The van der Waals surface area contributed by atoms with Crippen molar-refractivity contribution in [1.29, 1.82) is 0 Å². The van der Waals surface area contributed by atoms with Gasteiger partial charge in [0, 0.05) is 0 Å². The Morgan fingerprint density at radius 3 is 3.11 bits per heavy atom. The number of carbonyl (C=O) groups is 1. The third kappa shape index (κ3) is 3.51. The van der Waals surface area contributed by atoms with Crippen LogP contribution in [-0.4, -0.2) is 17.6 Å². The maximum absolute atomic E-state index is 11.8. The number of esters is 1. The number of nitrogen functional groups attached to an aromatic ring is 1. The number of hydrogen-bond donors (Lipinski definition) is 1. The number of nitrogens with two attached hydrogens (primary N) is 1. The molecule has 19 heavy (non-hydrogen) atoms. The van der Waals surface area contributed by atoms with E-state index in [0.29, 0.717) is 28.6 Å². The average molecular weight is 278 g/mol. The van der Waals surface area contributed by atoms with Gasteiger partial charge in [0.25, 0.3) is 0 Å². The molecule has 2 aromatic rings. The Kier molecular flexibility index (Phi) is 4.46. The van der Waals surface area contributed by atoms with Crippen LogP contribution in [0.25, 0.3) is 0 Å². The molecule has 100 valence electrons. The van der Waals surface area contributed by atoms with Crippen molar-refractivity contribution in [2.24, 2.45) is 0 Å². The zero-order chi connectivity index (χ0) is 13.7. The molecule has 2 heterocycles. The summed E-state index contributed by atoms with van der Waals surface area (Å²) in [7, 11) is 0. The van der Waals surface area contributed by atoms with Crippen molar-refractivity contribution in [3.05, 3.63) is 42.0 Å². The summed E-state index contributed by atoms with van der Waals surface area (Å²) in [6.07, 6.45) is 3.13. The summed E-state index contributed by atoms with van der Waals surface area (Å²) in [5.41, 5.74) is 6.48. The molecular formula is C13H14N2O3S. The molecule has 0 atom stereocenters. The lowest BCUT2D eigenvalue weighted by molar-refractivity contribution is 0.0521. The lowest BCUT2D eigenvalue weighted by atomic mass is 10.3. The van der Waals surface area contributed by atoms with Gasteiger partial charge in [0.1, 0.15) is 10.8 Å². The standard InChI is InChI=1S/C13H14N2O3S/c1-2-17-13(16)11-6-9(14)7-15-12(11)19-8-10-4-3-5-18-10/h3-7H,2,8,14H2,1H3. The highest BCUT2D eigenvalue weighted by Crippen LogP contribution is 2.26. The van der Waals surface area contributed by atoms with Crippen LogP contribution < -0.4 is 5.73 Å². The SMILES string of the molecule is CCOC(=O)c1cc(N)cnc1SCc1ccco1. The van der Waals surface area contributed by atoms with Crippen LogP contribution in [0.3, 0.4) is 0 Å². The Balaban J connectivity index is 2.16. The van der Waals surface area contributed by atoms with Crippen LogP contribution in [0.5, 0.6) is 0 Å². The second kappa shape index (κ2) is 6.29. The molecule has 0 aliphatic carbocycles. The fourth-order valence-electron chi connectivity index (χ4n) is 1.47. The highest BCUT2D eigenvalue weighted by molar-refractivity contribution is 7.98. The number of ether oxygens (including phenoxy) is 1. The quantitative estimate of drug-likeness (QED) is 0.669. The molecule has 2 N–H and O–H groups in total. The van der Waals surface area contributed by atoms with Crippen LogP contribution in [0.4, 0.5) is 5.69 Å². The lowest BCUT2D eigenvalue weighted by Gasteiger charge is -2.07. The number of hydrogen-bond acceptors (Lipinski definition) is 6. The van der Waals surface area contributed by atoms with E-state index in [1.54, 1.807) is 19.3 Å². The summed E-state index contributed by atoms with van der Waals surface area (Å²) in [6.45, 7) is 2.07. The second-order valence-electron chi connectivity index (χ2n) is 3.71. The predicted molar refractivity (Wildman–Crippen MR) is 72.9 cm³/mol. The highest BCUT2D eigenvalue weighted by atomic mass is 32.2. The maximum atomic E-state index is 11.8. The van der Waals surface area contributed by atoms with Gasteiger partial charge in [0.05, 0.1) is 36.1 Å². The van der Waals surface area contributed by atoms with Gasteiger partial charge in [-0.2, -0.15) is 0 Å². The van der Waals surface area contributed by atoms with E-state index in [1.165, 1.54) is 18.0 Å². The van der Waals surface area contributed by atoms with E-state index in [1.807, 2.05) is 12.1 Å². The minimum atomic E-state index is -0.413. The summed E-state index contributed by atoms with van der Waals surface area (Å²) in [5, 5.41) is 0.587. The Hall–Kier alpha value is -1.95. The van der Waals surface area contributed by atoms with Crippen LogP contribution in [0.1, 0.15) is 23.0 Å². The zero-order valence-corrected chi connectivity index (χ0v) is 11.3. The largest absolute Gasteiger partial charge is 0.468 e. The number of pyridine rings is 1. The number of furan rings is 1. The number of thioether (sulfide) groups is 1. The summed E-state index contributed by atoms with van der Waals surface area (Å²) >= 11 is 1.41. The highest BCUT2D eigenvalue weighted by Gasteiger charge is 2.15. The molecule has 2 rings (SSSR count). The summed E-state index contributed by atoms with van der Waals surface area (Å²) in [6, 6.07) is 5.27. The van der Waals surface area contributed by atoms with Crippen molar-refractivity contribution in [2.75, 3.05) is 12.3 Å². The smallest absolute Gasteiger partial charge is 0.340 e. The van der Waals surface area contributed by atoms with Crippen LogP contribution in [-0.2, 0) is 10.5 Å². The number of anilines is 1. The molecule has 0 saturated carbocycles. The molecular weight excluding hydrogens is 264 g/mol. The van der Waals surface area contributed by atoms with Crippen LogP contribution in [0.2, 0.25) is 0 Å². The summed E-state index contributed by atoms with van der Waals surface area (Å²) in [5.74, 6) is 0.999. The first-order valence-electron chi connectivity index (χ1n) is 5.78. The molecule has 0 amide bonds. The predicted octanol–water partition coefficient (Wildman–Crippen LogP) is 2.73. The summed E-state index contributed by atoms with van der Waals surface area (Å²) in [4.78, 5) is 16.0. The van der Waals surface area contributed by atoms with Gasteiger partial charge >= 0.3 is 5.97 Å². The zero-order valence-electron chi connectivity index (χ0n) is 10.5. The third-order valence-corrected chi connectivity index (χ3v) is 3.33. The minimum Gasteiger partial charge on any atom is -0.468 e. The van der Waals surface area contributed by atoms with Gasteiger partial charge in [0.15, 0.2) is 0 Å². The molecule has 0 fully saturated rings. The lowest BCUT2D eigenvalue weighted by Crippen LogP contribution is -2.08. The van der Waals surface area contributed by atoms with Crippen molar-refractivity contribution in [1.82, 2.24) is 4.98 Å². The monoisotopic (exact) mass is 278 g/mol. The first kappa shape index (κ1) is 13.5. The fraction of sp³-hybridized carbons (Fsp3) is 0.231. The second-order valence-corrected chi connectivity index (χ2v) is 4.67. The van der Waals surface area contributed by atoms with Crippen LogP contribution in [0.15, 0.2) is 40.1 Å². The van der Waals surface area contributed by atoms with Gasteiger partial charge in [-0.1, -0.05) is 11.8 Å². The minimum absolute atomic E-state index is 0.315. The molecule has 5 nitrogen and oxygen atoms in total. The van der Waals surface area contributed by atoms with Gasteiger partial charge in [-0.05, 0) is 25.1 Å². The molecule has 0 unspecified atom stereocenters. The van der Waals surface area contributed by atoms with E-state index in [2.05, 4.69) is 4.98 Å². The van der Waals surface area contributed by atoms with Crippen molar-refractivity contribution >= 4 is 23.4 Å². The molecule has 0 aliphatic heterocycles. The van der Waals surface area contributed by atoms with Crippen molar-refractivity contribution < 1.29 is 13.9 Å². The van der Waals surface area contributed by atoms with E-state index in [4.69, 9.17) is 14.9 Å². The third-order valence-electron chi connectivity index (χ3n) is 2.30. The fourth-order valence-corrected chi connectivity index (χ4v) is 2.34. The number of aromatic nitrogens is 1. The normalized spacial score (nSPS) is 10.4. The number of rotatable bonds is 5. The van der Waals surface area contributed by atoms with Gasteiger partial charge in [-0.25, -0.2) is 9.78 Å². The maximum Gasteiger partial charge on any atom is 0.340 e. The van der Waals surface area contributed by atoms with Crippen molar-refractivity contribution in [3.63, 3.8) is 0 Å². The van der Waals surface area contributed by atoms with Gasteiger partial charge in [0.2, 0.25) is 0 Å². The van der Waals surface area contributed by atoms with Gasteiger partial charge in [-0.15, -0.1) is 0 Å². The topological polar surface area (TPSA) is 78.4 Å². The average Bonchev–Trinajstić information content (AvgIpc) is 2.90. The van der Waals surface area contributed by atoms with E-state index in [-0.39, 0.29) is 0 Å². The molecule has 2 aromatic heterocycles. The molecule has 0 aromatic carbocycles. The van der Waals surface area contributed by atoms with E-state index >= 15 is 0 Å². The number of nitrogens with zero attached hydrogens (tertiary/aromatic N) is 1. The Morgan fingerprint density at radius 2 is 2.42 bits per heavy atom. The van der Waals surface area contributed by atoms with E-state index < -0.39 is 5.97 Å². The van der Waals surface area contributed by atoms with Gasteiger partial charge < -0.3 is 14.9 Å². The molecule has 0 radical (unpaired) electrons. The molecule has 0 aliphatic rings. The first-order chi connectivity index (χ1) is 9.20. The molecule has 6 heteroatoms. The van der Waals surface area contributed by atoms with E-state index in [9.17, 15) is 4.79 Å². The van der Waals surface area contributed by atoms with Gasteiger partial charge in [-0.3, -0.25) is 0 Å². The molecule has 0 spiro atoms. The number of carbonyl (C=O) groups excluding carboxylic acids is 1. The first-order valence-corrected chi connectivity index (χ1v) is 6.77. The Labute approximate surface area is 115 Å². The molecule has 0 bridgehead atoms. The summed E-state index contributed by atoms with van der Waals surface area (Å²) < 4.78 is 10.2. The Morgan fingerprint density at radius 1 is 1.58 bits per heavy atom. The Bertz CT molecular complexity index is 555. The van der Waals surface area contributed by atoms with Crippen LogP contribution >= 0.6 is 11.8 Å². The van der Waals surface area contributed by atoms with E-state index in [0.717, 1.165) is 5.76 Å². The van der Waals surface area contributed by atoms with Crippen molar-refractivity contribution in [3.8, 4) is 0 Å².